The molecule has 4 aromatic heterocycles. The van der Waals surface area contributed by atoms with Crippen molar-refractivity contribution in [1.82, 2.24) is 24.8 Å². The van der Waals surface area contributed by atoms with Gasteiger partial charge in [-0.15, -0.1) is 0 Å². The lowest BCUT2D eigenvalue weighted by molar-refractivity contribution is -0.155. The molecule has 0 radical (unpaired) electrons. The third kappa shape index (κ3) is 4.31. The smallest absolute Gasteiger partial charge is 0.386 e. The number of pyridine rings is 3. The zero-order valence-electron chi connectivity index (χ0n) is 22.1. The molecule has 1 atom stereocenters. The van der Waals surface area contributed by atoms with Gasteiger partial charge >= 0.3 is 6.18 Å². The van der Waals surface area contributed by atoms with Crippen LogP contribution in [0.4, 0.5) is 33.3 Å². The Morgan fingerprint density at radius 2 is 1.90 bits per heavy atom. The summed E-state index contributed by atoms with van der Waals surface area (Å²) < 4.78 is 73.2. The van der Waals surface area contributed by atoms with Crippen LogP contribution in [0.15, 0.2) is 35.5 Å². The molecule has 15 heteroatoms. The van der Waals surface area contributed by atoms with Gasteiger partial charge in [-0.2, -0.15) is 13.2 Å². The number of H-pyrrole nitrogens is 1. The zero-order valence-corrected chi connectivity index (χ0v) is 22.1. The minimum Gasteiger partial charge on any atom is -0.386 e. The first-order valence-corrected chi connectivity index (χ1v) is 12.8. The van der Waals surface area contributed by atoms with Crippen molar-refractivity contribution >= 4 is 44.3 Å². The normalized spacial score (nSPS) is 16.3. The second kappa shape index (κ2) is 9.89. The quantitative estimate of drug-likeness (QED) is 0.160. The summed E-state index contributed by atoms with van der Waals surface area (Å²) in [5.41, 5.74) is 0.306. The van der Waals surface area contributed by atoms with Crippen molar-refractivity contribution in [1.29, 1.82) is 0 Å². The van der Waals surface area contributed by atoms with Crippen molar-refractivity contribution in [2.45, 2.75) is 18.5 Å². The van der Waals surface area contributed by atoms with Crippen molar-refractivity contribution < 1.29 is 32.2 Å². The summed E-state index contributed by atoms with van der Waals surface area (Å²) in [5, 5.41) is 24.5. The average Bonchev–Trinajstić information content (AvgIpc) is 3.35. The fraction of sp³-hybridized carbons (Fsp3) is 0.296. The van der Waals surface area contributed by atoms with Gasteiger partial charge in [0.25, 0.3) is 0 Å². The Balaban J connectivity index is 1.69. The number of aromatic amines is 1. The van der Waals surface area contributed by atoms with Crippen LogP contribution < -0.4 is 21.0 Å². The molecular formula is C27H24F5N7O3. The number of halogens is 5. The van der Waals surface area contributed by atoms with Crippen LogP contribution in [0.1, 0.15) is 11.9 Å². The van der Waals surface area contributed by atoms with Gasteiger partial charge in [0.1, 0.15) is 17.3 Å². The van der Waals surface area contributed by atoms with Crippen LogP contribution >= 0.6 is 0 Å². The van der Waals surface area contributed by atoms with E-state index in [9.17, 15) is 32.6 Å². The Morgan fingerprint density at radius 3 is 2.60 bits per heavy atom. The number of fused-ring (bicyclic) bond motifs is 4. The summed E-state index contributed by atoms with van der Waals surface area (Å²) >= 11 is 0. The molecule has 0 amide bonds. The summed E-state index contributed by atoms with van der Waals surface area (Å²) in [6, 6.07) is 0.475. The summed E-state index contributed by atoms with van der Waals surface area (Å²) in [6.07, 6.45) is -2.65. The van der Waals surface area contributed by atoms with Crippen molar-refractivity contribution in [3.05, 3.63) is 58.1 Å². The number of aromatic nitrogens is 4. The molecule has 42 heavy (non-hydrogen) atoms. The molecular weight excluding hydrogens is 565 g/mol. The van der Waals surface area contributed by atoms with Gasteiger partial charge in [0.15, 0.2) is 23.4 Å². The Kier molecular flexibility index (Phi) is 6.55. The van der Waals surface area contributed by atoms with Crippen molar-refractivity contribution in [2.75, 3.05) is 36.9 Å². The van der Waals surface area contributed by atoms with E-state index >= 15 is 4.39 Å². The number of aliphatic hydroxyl groups excluding tert-OH is 1. The molecule has 0 bridgehead atoms. The maximum absolute atomic E-state index is 15.5. The minimum atomic E-state index is -4.58. The number of rotatable bonds is 4. The number of hydrogen-bond acceptors (Lipinski definition) is 8. The monoisotopic (exact) mass is 589 g/mol. The van der Waals surface area contributed by atoms with E-state index in [-0.39, 0.29) is 74.1 Å². The number of aryl methyl sites for hydroxylation is 1. The number of anilines is 2. The first-order valence-electron chi connectivity index (χ1n) is 12.8. The lowest BCUT2D eigenvalue weighted by Gasteiger charge is -2.37. The molecule has 0 saturated carbocycles. The predicted molar refractivity (Wildman–Crippen MR) is 146 cm³/mol. The number of alkyl halides is 3. The molecule has 1 aliphatic heterocycles. The number of benzene rings is 1. The molecule has 1 unspecified atom stereocenters. The molecule has 5 heterocycles. The zero-order chi connectivity index (χ0) is 30.1. The van der Waals surface area contributed by atoms with Crippen LogP contribution in [-0.2, 0) is 7.05 Å². The van der Waals surface area contributed by atoms with E-state index in [1.807, 2.05) is 0 Å². The molecule has 0 aliphatic carbocycles. The molecule has 10 nitrogen and oxygen atoms in total. The van der Waals surface area contributed by atoms with Crippen LogP contribution in [0, 0.1) is 11.6 Å². The highest BCUT2D eigenvalue weighted by Crippen LogP contribution is 2.44. The maximum Gasteiger partial charge on any atom is 0.405 e. The summed E-state index contributed by atoms with van der Waals surface area (Å²) in [6.45, 7) is -0.505. The fourth-order valence-corrected chi connectivity index (χ4v) is 5.57. The highest BCUT2D eigenvalue weighted by Gasteiger charge is 2.43. The van der Waals surface area contributed by atoms with E-state index in [0.29, 0.717) is 0 Å². The van der Waals surface area contributed by atoms with E-state index in [2.05, 4.69) is 25.6 Å². The molecule has 1 fully saturated rings. The second-order valence-electron chi connectivity index (χ2n) is 10.1. The number of nitrogens with one attached hydrogen (secondary N) is 3. The first-order chi connectivity index (χ1) is 19.9. The molecule has 1 aromatic carbocycles. The van der Waals surface area contributed by atoms with Gasteiger partial charge in [0.05, 0.1) is 38.6 Å². The maximum atomic E-state index is 15.5. The highest BCUT2D eigenvalue weighted by atomic mass is 19.4. The first kappa shape index (κ1) is 27.8. The summed E-state index contributed by atoms with van der Waals surface area (Å²) in [4.78, 5) is 26.3. The van der Waals surface area contributed by atoms with Crippen LogP contribution in [0.5, 0.6) is 0 Å². The number of nitrogens with zero attached hydrogens (tertiary/aromatic N) is 4. The van der Waals surface area contributed by atoms with Crippen molar-refractivity contribution in [3.8, 4) is 11.1 Å². The Morgan fingerprint density at radius 1 is 1.14 bits per heavy atom. The van der Waals surface area contributed by atoms with Crippen LogP contribution in [-0.4, -0.2) is 68.6 Å². The molecule has 0 spiro atoms. The molecule has 6 rings (SSSR count). The van der Waals surface area contributed by atoms with Gasteiger partial charge < -0.3 is 35.3 Å². The number of aliphatic hydroxyl groups is 2. The summed E-state index contributed by atoms with van der Waals surface area (Å²) in [7, 11) is 3.07. The Bertz CT molecular complexity index is 1940. The highest BCUT2D eigenvalue weighted by molar-refractivity contribution is 6.18. The Hall–Kier alpha value is -4.34. The van der Waals surface area contributed by atoms with Gasteiger partial charge in [-0.3, -0.25) is 4.79 Å². The van der Waals surface area contributed by atoms with Gasteiger partial charge in [0.2, 0.25) is 0 Å². The van der Waals surface area contributed by atoms with E-state index in [1.165, 1.54) is 41.2 Å². The average molecular weight is 590 g/mol. The van der Waals surface area contributed by atoms with Crippen LogP contribution in [0.25, 0.3) is 44.1 Å². The third-order valence-electron chi connectivity index (χ3n) is 7.55. The minimum absolute atomic E-state index is 0.00810. The SMILES string of the molecule is CNc1cc(F)c(F)c2c1[nH]c1ncc(-c3cnc4c(c3)c(=O)c(C(O)O)cn4C)c(N3CCNC(C(F)(F)F)C3)c12. The molecule has 1 saturated heterocycles. The van der Waals surface area contributed by atoms with Crippen LogP contribution in [0.2, 0.25) is 0 Å². The number of piperazine rings is 1. The lowest BCUT2D eigenvalue weighted by atomic mass is 10.00. The standard InChI is InChI=1S/C27H24F5N7O3/c1-33-16-6-15(28)20(29)18-19-22(39-4-3-34-17(10-39)27(30,31)32)13(8-35-24(19)37-21(16)18)11-5-12-23(40)14(26(41)42)9-38(2)25(12)36-7-11/h5-9,17,26,33-34,41-42H,3-4,10H2,1-2H3,(H,35,37). The number of hydrogen-bond donors (Lipinski definition) is 5. The van der Waals surface area contributed by atoms with E-state index < -0.39 is 42.1 Å². The van der Waals surface area contributed by atoms with Gasteiger partial charge in [-0.25, -0.2) is 18.7 Å². The second-order valence-corrected chi connectivity index (χ2v) is 10.1. The van der Waals surface area contributed by atoms with E-state index in [1.54, 1.807) is 7.05 Å². The predicted octanol–water partition coefficient (Wildman–Crippen LogP) is 3.27. The molecule has 5 aromatic rings. The summed E-state index contributed by atoms with van der Waals surface area (Å²) in [5.74, 6) is -2.37. The van der Waals surface area contributed by atoms with Crippen molar-refractivity contribution in [2.24, 2.45) is 7.05 Å². The van der Waals surface area contributed by atoms with E-state index in [0.717, 1.165) is 6.07 Å². The molecule has 1 aliphatic rings. The van der Waals surface area contributed by atoms with Gasteiger partial charge in [0, 0.05) is 69.5 Å². The molecule has 220 valence electrons. The third-order valence-corrected chi connectivity index (χ3v) is 7.55. The van der Waals surface area contributed by atoms with Crippen LogP contribution in [0.3, 0.4) is 0 Å². The largest absolute Gasteiger partial charge is 0.405 e. The Labute approximate surface area is 233 Å². The van der Waals surface area contributed by atoms with Gasteiger partial charge in [-0.1, -0.05) is 0 Å². The molecule has 5 N–H and O–H groups in total. The fourth-order valence-electron chi connectivity index (χ4n) is 5.57. The topological polar surface area (TPSA) is 131 Å². The van der Waals surface area contributed by atoms with Gasteiger partial charge in [-0.05, 0) is 6.07 Å². The van der Waals surface area contributed by atoms with E-state index in [4.69, 9.17) is 0 Å². The van der Waals surface area contributed by atoms with Crippen molar-refractivity contribution in [3.63, 3.8) is 0 Å². The lowest BCUT2D eigenvalue weighted by Crippen LogP contribution is -2.57.